The molecule has 2 rings (SSSR count). The number of aliphatic hydroxyl groups excluding tert-OH is 1. The number of benzene rings is 1. The SMILES string of the molecule is Cc1ccc(S(=O)(=O)N2CCC(N[C@H](C)CO)CC2)cc1. The molecule has 0 radical (unpaired) electrons. The average molecular weight is 312 g/mol. The smallest absolute Gasteiger partial charge is 0.243 e. The van der Waals surface area contributed by atoms with Gasteiger partial charge in [0, 0.05) is 25.2 Å². The van der Waals surface area contributed by atoms with Gasteiger partial charge in [0.05, 0.1) is 11.5 Å². The number of nitrogens with zero attached hydrogens (tertiary/aromatic N) is 1. The van der Waals surface area contributed by atoms with Gasteiger partial charge in [0.25, 0.3) is 0 Å². The second-order valence-corrected chi connectivity index (χ2v) is 7.68. The van der Waals surface area contributed by atoms with Crippen molar-refractivity contribution in [2.75, 3.05) is 19.7 Å². The quantitative estimate of drug-likeness (QED) is 0.855. The lowest BCUT2D eigenvalue weighted by atomic mass is 10.1. The first-order chi connectivity index (χ1) is 9.93. The van der Waals surface area contributed by atoms with Gasteiger partial charge in [-0.25, -0.2) is 8.42 Å². The molecule has 1 heterocycles. The number of aryl methyl sites for hydroxylation is 1. The molecule has 118 valence electrons. The van der Waals surface area contributed by atoms with Crippen molar-refractivity contribution in [3.8, 4) is 0 Å². The Balaban J connectivity index is 1.99. The van der Waals surface area contributed by atoms with Crippen molar-refractivity contribution in [1.29, 1.82) is 0 Å². The van der Waals surface area contributed by atoms with Crippen molar-refractivity contribution in [2.45, 2.75) is 43.7 Å². The monoisotopic (exact) mass is 312 g/mol. The number of aliphatic hydroxyl groups is 1. The molecule has 0 aromatic heterocycles. The molecule has 21 heavy (non-hydrogen) atoms. The van der Waals surface area contributed by atoms with Crippen molar-refractivity contribution in [1.82, 2.24) is 9.62 Å². The first kappa shape index (κ1) is 16.4. The van der Waals surface area contributed by atoms with Crippen LogP contribution in [0.5, 0.6) is 0 Å². The molecule has 2 N–H and O–H groups in total. The van der Waals surface area contributed by atoms with E-state index in [-0.39, 0.29) is 18.7 Å². The maximum Gasteiger partial charge on any atom is 0.243 e. The predicted octanol–water partition coefficient (Wildman–Crippen LogP) is 1.12. The van der Waals surface area contributed by atoms with E-state index >= 15 is 0 Å². The van der Waals surface area contributed by atoms with E-state index < -0.39 is 10.0 Å². The minimum absolute atomic E-state index is 0.0512. The molecule has 1 aliphatic heterocycles. The van der Waals surface area contributed by atoms with E-state index in [2.05, 4.69) is 5.32 Å². The Morgan fingerprint density at radius 3 is 2.38 bits per heavy atom. The molecule has 6 heteroatoms. The number of sulfonamides is 1. The van der Waals surface area contributed by atoms with E-state index in [1.54, 1.807) is 16.4 Å². The number of hydrogen-bond donors (Lipinski definition) is 2. The zero-order chi connectivity index (χ0) is 15.5. The van der Waals surface area contributed by atoms with E-state index in [0.29, 0.717) is 18.0 Å². The molecule has 1 atom stereocenters. The van der Waals surface area contributed by atoms with Crippen LogP contribution >= 0.6 is 0 Å². The highest BCUT2D eigenvalue weighted by molar-refractivity contribution is 7.89. The fourth-order valence-corrected chi connectivity index (χ4v) is 4.05. The largest absolute Gasteiger partial charge is 0.395 e. The van der Waals surface area contributed by atoms with Crippen molar-refractivity contribution < 1.29 is 13.5 Å². The highest BCUT2D eigenvalue weighted by Crippen LogP contribution is 2.21. The van der Waals surface area contributed by atoms with Gasteiger partial charge in [-0.3, -0.25) is 0 Å². The van der Waals surface area contributed by atoms with Gasteiger partial charge in [0.2, 0.25) is 10.0 Å². The third kappa shape index (κ3) is 4.03. The van der Waals surface area contributed by atoms with Crippen LogP contribution in [0.25, 0.3) is 0 Å². The standard InChI is InChI=1S/C15H24N2O3S/c1-12-3-5-15(6-4-12)21(19,20)17-9-7-14(8-10-17)16-13(2)11-18/h3-6,13-14,16,18H,7-11H2,1-2H3/t13-/m1/s1. The van der Waals surface area contributed by atoms with Crippen molar-refractivity contribution in [2.24, 2.45) is 0 Å². The van der Waals surface area contributed by atoms with E-state index in [1.165, 1.54) is 0 Å². The van der Waals surface area contributed by atoms with Gasteiger partial charge in [0.15, 0.2) is 0 Å². The number of rotatable bonds is 5. The lowest BCUT2D eigenvalue weighted by Crippen LogP contribution is -2.47. The molecule has 1 fully saturated rings. The summed E-state index contributed by atoms with van der Waals surface area (Å²) in [7, 11) is -3.38. The molecule has 0 amide bonds. The second-order valence-electron chi connectivity index (χ2n) is 5.74. The summed E-state index contributed by atoms with van der Waals surface area (Å²) >= 11 is 0. The number of nitrogens with one attached hydrogen (secondary N) is 1. The first-order valence-electron chi connectivity index (χ1n) is 7.37. The summed E-state index contributed by atoms with van der Waals surface area (Å²) in [6.07, 6.45) is 1.55. The van der Waals surface area contributed by atoms with Gasteiger partial charge in [-0.1, -0.05) is 17.7 Å². The second kappa shape index (κ2) is 6.87. The third-order valence-electron chi connectivity index (χ3n) is 3.91. The summed E-state index contributed by atoms with van der Waals surface area (Å²) in [5, 5.41) is 12.4. The highest BCUT2D eigenvalue weighted by atomic mass is 32.2. The highest BCUT2D eigenvalue weighted by Gasteiger charge is 2.29. The minimum atomic E-state index is -3.38. The summed E-state index contributed by atoms with van der Waals surface area (Å²) in [4.78, 5) is 0.364. The summed E-state index contributed by atoms with van der Waals surface area (Å²) < 4.78 is 26.7. The van der Waals surface area contributed by atoms with Gasteiger partial charge < -0.3 is 10.4 Å². The Hall–Kier alpha value is -0.950. The van der Waals surface area contributed by atoms with Crippen LogP contribution in [0.2, 0.25) is 0 Å². The van der Waals surface area contributed by atoms with Crippen LogP contribution in [-0.2, 0) is 10.0 Å². The average Bonchev–Trinajstić information content (AvgIpc) is 2.48. The maximum atomic E-state index is 12.5. The Labute approximate surface area is 127 Å². The van der Waals surface area contributed by atoms with Crippen LogP contribution in [0.4, 0.5) is 0 Å². The van der Waals surface area contributed by atoms with Crippen LogP contribution in [0.1, 0.15) is 25.3 Å². The van der Waals surface area contributed by atoms with Crippen molar-refractivity contribution in [3.05, 3.63) is 29.8 Å². The van der Waals surface area contributed by atoms with E-state index in [4.69, 9.17) is 5.11 Å². The van der Waals surface area contributed by atoms with Gasteiger partial charge in [-0.05, 0) is 38.8 Å². The molecular formula is C15H24N2O3S. The molecule has 1 saturated heterocycles. The molecule has 1 aromatic carbocycles. The molecule has 0 unspecified atom stereocenters. The normalized spacial score (nSPS) is 19.6. The summed E-state index contributed by atoms with van der Waals surface area (Å²) in [5.41, 5.74) is 1.05. The Morgan fingerprint density at radius 1 is 1.29 bits per heavy atom. The third-order valence-corrected chi connectivity index (χ3v) is 5.82. The lowest BCUT2D eigenvalue weighted by Gasteiger charge is -2.33. The molecular weight excluding hydrogens is 288 g/mol. The zero-order valence-electron chi connectivity index (χ0n) is 12.6. The van der Waals surface area contributed by atoms with Gasteiger partial charge in [0.1, 0.15) is 0 Å². The molecule has 5 nitrogen and oxygen atoms in total. The predicted molar refractivity (Wildman–Crippen MR) is 82.6 cm³/mol. The van der Waals surface area contributed by atoms with Crippen LogP contribution in [0.15, 0.2) is 29.2 Å². The van der Waals surface area contributed by atoms with Gasteiger partial charge in [-0.2, -0.15) is 4.31 Å². The molecule has 1 aromatic rings. The first-order valence-corrected chi connectivity index (χ1v) is 8.81. The van der Waals surface area contributed by atoms with Crippen LogP contribution < -0.4 is 5.32 Å². The topological polar surface area (TPSA) is 69.6 Å². The van der Waals surface area contributed by atoms with Crippen LogP contribution in [0.3, 0.4) is 0 Å². The van der Waals surface area contributed by atoms with Crippen molar-refractivity contribution >= 4 is 10.0 Å². The number of hydrogen-bond acceptors (Lipinski definition) is 4. The summed E-state index contributed by atoms with van der Waals surface area (Å²) in [6.45, 7) is 5.01. The summed E-state index contributed by atoms with van der Waals surface area (Å²) in [6, 6.07) is 7.31. The fraction of sp³-hybridized carbons (Fsp3) is 0.600. The minimum Gasteiger partial charge on any atom is -0.395 e. The Bertz CT molecular complexity index is 549. The fourth-order valence-electron chi connectivity index (χ4n) is 2.58. The molecule has 0 bridgehead atoms. The van der Waals surface area contributed by atoms with E-state index in [1.807, 2.05) is 26.0 Å². The van der Waals surface area contributed by atoms with Crippen LogP contribution in [-0.4, -0.2) is 49.6 Å². The molecule has 0 saturated carbocycles. The Morgan fingerprint density at radius 2 is 1.86 bits per heavy atom. The number of piperidine rings is 1. The zero-order valence-corrected chi connectivity index (χ0v) is 13.4. The van der Waals surface area contributed by atoms with Gasteiger partial charge in [-0.15, -0.1) is 0 Å². The van der Waals surface area contributed by atoms with Crippen LogP contribution in [0, 0.1) is 6.92 Å². The summed E-state index contributed by atoms with van der Waals surface area (Å²) in [5.74, 6) is 0. The van der Waals surface area contributed by atoms with Crippen molar-refractivity contribution in [3.63, 3.8) is 0 Å². The lowest BCUT2D eigenvalue weighted by molar-refractivity contribution is 0.216. The van der Waals surface area contributed by atoms with Gasteiger partial charge >= 0.3 is 0 Å². The van der Waals surface area contributed by atoms with E-state index in [9.17, 15) is 8.42 Å². The molecule has 1 aliphatic rings. The van der Waals surface area contributed by atoms with E-state index in [0.717, 1.165) is 18.4 Å². The molecule has 0 spiro atoms. The Kier molecular flexibility index (Phi) is 5.37. The maximum absolute atomic E-state index is 12.5. The molecule has 0 aliphatic carbocycles.